The van der Waals surface area contributed by atoms with Crippen molar-refractivity contribution >= 4 is 11.3 Å². The van der Waals surface area contributed by atoms with Gasteiger partial charge in [-0.3, -0.25) is 0 Å². The van der Waals surface area contributed by atoms with Gasteiger partial charge in [0.15, 0.2) is 0 Å². The lowest BCUT2D eigenvalue weighted by Gasteiger charge is -2.47. The van der Waals surface area contributed by atoms with Crippen molar-refractivity contribution < 1.29 is 4.74 Å². The van der Waals surface area contributed by atoms with E-state index >= 15 is 0 Å². The Morgan fingerprint density at radius 2 is 2.39 bits per heavy atom. The molecule has 3 heteroatoms. The molecule has 2 nitrogen and oxygen atoms in total. The predicted molar refractivity (Wildman–Crippen MR) is 76.0 cm³/mol. The number of aryl methyl sites for hydroxylation is 1. The smallest absolute Gasteiger partial charge is 0.0685 e. The normalized spacial score (nSPS) is 26.2. The zero-order valence-corrected chi connectivity index (χ0v) is 12.0. The van der Waals surface area contributed by atoms with Gasteiger partial charge in [-0.2, -0.15) is 0 Å². The minimum Gasteiger partial charge on any atom is -0.375 e. The maximum absolute atomic E-state index is 5.98. The fourth-order valence-corrected chi connectivity index (χ4v) is 3.96. The zero-order valence-electron chi connectivity index (χ0n) is 11.2. The number of thiophene rings is 1. The lowest BCUT2D eigenvalue weighted by atomic mass is 9.72. The van der Waals surface area contributed by atoms with Crippen molar-refractivity contribution in [2.75, 3.05) is 13.2 Å². The average molecular weight is 265 g/mol. The maximum atomic E-state index is 5.98. The van der Waals surface area contributed by atoms with E-state index in [1.165, 1.54) is 42.5 Å². The van der Waals surface area contributed by atoms with Crippen molar-refractivity contribution in [3.8, 4) is 0 Å². The summed E-state index contributed by atoms with van der Waals surface area (Å²) >= 11 is 1.84. The molecule has 2 aliphatic rings. The van der Waals surface area contributed by atoms with Crippen molar-refractivity contribution in [3.05, 3.63) is 21.9 Å². The van der Waals surface area contributed by atoms with Gasteiger partial charge in [-0.05, 0) is 68.5 Å². The van der Waals surface area contributed by atoms with Crippen LogP contribution >= 0.6 is 11.3 Å². The molecule has 0 radical (unpaired) electrons. The molecule has 1 saturated carbocycles. The fourth-order valence-electron chi connectivity index (χ4n) is 3.23. The molecule has 2 fully saturated rings. The summed E-state index contributed by atoms with van der Waals surface area (Å²) in [7, 11) is 0. The molecule has 1 N–H and O–H groups in total. The molecule has 100 valence electrons. The Morgan fingerprint density at radius 3 is 3.06 bits per heavy atom. The topological polar surface area (TPSA) is 21.3 Å². The van der Waals surface area contributed by atoms with Gasteiger partial charge in [0.25, 0.3) is 0 Å². The molecule has 18 heavy (non-hydrogen) atoms. The summed E-state index contributed by atoms with van der Waals surface area (Å²) in [6.45, 7) is 5.36. The third kappa shape index (κ3) is 2.63. The van der Waals surface area contributed by atoms with E-state index in [-0.39, 0.29) is 0 Å². The van der Waals surface area contributed by atoms with Crippen LogP contribution in [-0.4, -0.2) is 18.8 Å². The molecular weight excluding hydrogens is 242 g/mol. The number of rotatable bonds is 4. The van der Waals surface area contributed by atoms with Crippen LogP contribution in [-0.2, 0) is 11.3 Å². The van der Waals surface area contributed by atoms with Gasteiger partial charge in [-0.25, -0.2) is 0 Å². The van der Waals surface area contributed by atoms with Crippen LogP contribution in [0.15, 0.2) is 11.4 Å². The third-order valence-corrected chi connectivity index (χ3v) is 5.46. The summed E-state index contributed by atoms with van der Waals surface area (Å²) in [6.07, 6.45) is 6.48. The molecule has 1 aliphatic carbocycles. The molecule has 1 saturated heterocycles. The molecule has 0 amide bonds. The molecule has 2 heterocycles. The van der Waals surface area contributed by atoms with E-state index in [1.807, 2.05) is 11.3 Å². The van der Waals surface area contributed by atoms with E-state index in [1.54, 1.807) is 0 Å². The fraction of sp³-hybridized carbons (Fsp3) is 0.733. The van der Waals surface area contributed by atoms with Gasteiger partial charge in [0.2, 0.25) is 0 Å². The first kappa shape index (κ1) is 12.6. The second-order valence-electron chi connectivity index (χ2n) is 5.88. The van der Waals surface area contributed by atoms with E-state index in [0.717, 1.165) is 25.6 Å². The highest BCUT2D eigenvalue weighted by Crippen LogP contribution is 2.44. The van der Waals surface area contributed by atoms with Crippen LogP contribution < -0.4 is 5.32 Å². The van der Waals surface area contributed by atoms with Crippen molar-refractivity contribution in [1.29, 1.82) is 0 Å². The summed E-state index contributed by atoms with van der Waals surface area (Å²) < 4.78 is 5.98. The minimum atomic E-state index is 0.295. The van der Waals surface area contributed by atoms with Crippen LogP contribution in [0.25, 0.3) is 0 Å². The Bertz CT molecular complexity index is 397. The minimum absolute atomic E-state index is 0.295. The van der Waals surface area contributed by atoms with E-state index in [4.69, 9.17) is 4.74 Å². The molecule has 1 aromatic heterocycles. The predicted octanol–water partition coefficient (Wildman–Crippen LogP) is 3.50. The van der Waals surface area contributed by atoms with Crippen LogP contribution in [0.5, 0.6) is 0 Å². The second kappa shape index (κ2) is 5.32. The Kier molecular flexibility index (Phi) is 3.73. The molecule has 1 atom stereocenters. The Labute approximate surface area is 114 Å². The highest BCUT2D eigenvalue weighted by atomic mass is 32.1. The second-order valence-corrected chi connectivity index (χ2v) is 7.00. The Hall–Kier alpha value is -0.380. The molecule has 0 aromatic carbocycles. The summed E-state index contributed by atoms with van der Waals surface area (Å²) in [5, 5.41) is 5.82. The van der Waals surface area contributed by atoms with Crippen LogP contribution in [0, 0.1) is 12.8 Å². The SMILES string of the molecule is Cc1sccc1CNCC1CCOC2(CCC2)C1. The van der Waals surface area contributed by atoms with Crippen LogP contribution in [0.1, 0.15) is 42.5 Å². The van der Waals surface area contributed by atoms with Gasteiger partial charge in [0.1, 0.15) is 0 Å². The number of ether oxygens (including phenoxy) is 1. The Morgan fingerprint density at radius 1 is 1.50 bits per heavy atom. The first-order valence-corrected chi connectivity index (χ1v) is 8.03. The summed E-state index contributed by atoms with van der Waals surface area (Å²) in [5.41, 5.74) is 1.76. The number of hydrogen-bond donors (Lipinski definition) is 1. The van der Waals surface area contributed by atoms with E-state index in [9.17, 15) is 0 Å². The lowest BCUT2D eigenvalue weighted by Crippen LogP contribution is -2.47. The Balaban J connectivity index is 1.44. The average Bonchev–Trinajstić information content (AvgIpc) is 2.74. The largest absolute Gasteiger partial charge is 0.375 e. The molecule has 1 aromatic rings. The van der Waals surface area contributed by atoms with Crippen LogP contribution in [0.3, 0.4) is 0 Å². The number of hydrogen-bond acceptors (Lipinski definition) is 3. The van der Waals surface area contributed by atoms with Crippen molar-refractivity contribution in [2.45, 2.75) is 51.2 Å². The van der Waals surface area contributed by atoms with Crippen molar-refractivity contribution in [1.82, 2.24) is 5.32 Å². The van der Waals surface area contributed by atoms with Crippen molar-refractivity contribution in [3.63, 3.8) is 0 Å². The van der Waals surface area contributed by atoms with E-state index < -0.39 is 0 Å². The van der Waals surface area contributed by atoms with Gasteiger partial charge < -0.3 is 10.1 Å². The van der Waals surface area contributed by atoms with E-state index in [0.29, 0.717) is 5.60 Å². The number of nitrogens with one attached hydrogen (secondary N) is 1. The molecule has 1 aliphatic heterocycles. The molecule has 3 rings (SSSR count). The standard InChI is InChI=1S/C15H23NOS/c1-12-14(4-8-18-12)11-16-10-13-3-7-17-15(9-13)5-2-6-15/h4,8,13,16H,2-3,5-7,9-11H2,1H3. The van der Waals surface area contributed by atoms with Crippen LogP contribution in [0.2, 0.25) is 0 Å². The van der Waals surface area contributed by atoms with E-state index in [2.05, 4.69) is 23.7 Å². The van der Waals surface area contributed by atoms with Gasteiger partial charge >= 0.3 is 0 Å². The quantitative estimate of drug-likeness (QED) is 0.899. The first-order valence-electron chi connectivity index (χ1n) is 7.15. The monoisotopic (exact) mass is 265 g/mol. The molecule has 0 bridgehead atoms. The summed E-state index contributed by atoms with van der Waals surface area (Å²) in [6, 6.07) is 2.24. The lowest BCUT2D eigenvalue weighted by molar-refractivity contribution is -0.142. The third-order valence-electron chi connectivity index (χ3n) is 4.57. The highest BCUT2D eigenvalue weighted by molar-refractivity contribution is 7.10. The maximum Gasteiger partial charge on any atom is 0.0685 e. The summed E-state index contributed by atoms with van der Waals surface area (Å²) in [4.78, 5) is 1.45. The summed E-state index contributed by atoms with van der Waals surface area (Å²) in [5.74, 6) is 0.818. The van der Waals surface area contributed by atoms with Gasteiger partial charge in [0, 0.05) is 18.0 Å². The molecule has 1 unspecified atom stereocenters. The van der Waals surface area contributed by atoms with Gasteiger partial charge in [0.05, 0.1) is 5.60 Å². The van der Waals surface area contributed by atoms with Crippen molar-refractivity contribution in [2.24, 2.45) is 5.92 Å². The highest BCUT2D eigenvalue weighted by Gasteiger charge is 2.42. The first-order chi connectivity index (χ1) is 8.77. The molecular formula is C15H23NOS. The molecule has 1 spiro atoms. The zero-order chi connectivity index (χ0) is 12.4. The van der Waals surface area contributed by atoms with Crippen LogP contribution in [0.4, 0.5) is 0 Å². The van der Waals surface area contributed by atoms with Gasteiger partial charge in [-0.15, -0.1) is 11.3 Å². The van der Waals surface area contributed by atoms with Gasteiger partial charge in [-0.1, -0.05) is 0 Å².